The number of hydrogen-bond acceptors (Lipinski definition) is 8. The summed E-state index contributed by atoms with van der Waals surface area (Å²) < 4.78 is 7.59. The van der Waals surface area contributed by atoms with Gasteiger partial charge in [-0.2, -0.15) is 0 Å². The summed E-state index contributed by atoms with van der Waals surface area (Å²) in [6, 6.07) is 12.4. The highest BCUT2D eigenvalue weighted by Crippen LogP contribution is 2.44. The minimum absolute atomic E-state index is 0.0386. The van der Waals surface area contributed by atoms with Crippen LogP contribution in [0.25, 0.3) is 16.8 Å². The van der Waals surface area contributed by atoms with Crippen molar-refractivity contribution >= 4 is 28.8 Å². The number of ether oxygens (including phenoxy) is 1. The molecular formula is C29H27N7O3. The number of amides is 1. The van der Waals surface area contributed by atoms with E-state index in [9.17, 15) is 9.59 Å². The third-order valence-electron chi connectivity index (χ3n) is 7.33. The Morgan fingerprint density at radius 1 is 1.13 bits per heavy atom. The number of Topliss-reactive ketones (excluding diaryl/α,β-unsaturated/α-hetero) is 1. The van der Waals surface area contributed by atoms with Gasteiger partial charge in [0.2, 0.25) is 0 Å². The molecule has 4 aromatic rings. The quantitative estimate of drug-likeness (QED) is 0.293. The maximum absolute atomic E-state index is 13.1. The second-order valence-electron chi connectivity index (χ2n) is 9.62. The molecule has 3 atom stereocenters. The van der Waals surface area contributed by atoms with E-state index < -0.39 is 0 Å². The number of benzene rings is 1. The first-order valence-electron chi connectivity index (χ1n) is 12.8. The molecule has 3 N–H and O–H groups in total. The largest absolute Gasteiger partial charge is 0.382 e. The van der Waals surface area contributed by atoms with Crippen molar-refractivity contribution in [1.29, 1.82) is 0 Å². The second-order valence-corrected chi connectivity index (χ2v) is 9.62. The standard InChI is InChI=1S/C29H27N7O3/c1-2-5-25(38)36-21(14-20-16-39-17-22(20)36)29-34-26(27-28(30)32-12-13-35(27)29)19-9-7-18(8-10-19)23(37)15-33-24-6-3-4-11-31-24/h3-4,6-13,20-22H,14-17H2,1H3,(H2,30,32)(H,31,33)/t20-,21-,22+/m0/s1. The molecule has 2 saturated heterocycles. The molecule has 1 aromatic carbocycles. The molecule has 196 valence electrons. The minimum Gasteiger partial charge on any atom is -0.382 e. The highest BCUT2D eigenvalue weighted by Gasteiger charge is 2.48. The van der Waals surface area contributed by atoms with E-state index in [1.807, 2.05) is 45.8 Å². The van der Waals surface area contributed by atoms with E-state index in [0.717, 1.165) is 12.0 Å². The first-order chi connectivity index (χ1) is 19.0. The van der Waals surface area contributed by atoms with Crippen molar-refractivity contribution in [3.63, 3.8) is 0 Å². The third-order valence-corrected chi connectivity index (χ3v) is 7.33. The van der Waals surface area contributed by atoms with Gasteiger partial charge in [-0.1, -0.05) is 36.3 Å². The van der Waals surface area contributed by atoms with Crippen molar-refractivity contribution in [3.05, 3.63) is 72.4 Å². The number of likely N-dealkylation sites (tertiary alicyclic amines) is 1. The van der Waals surface area contributed by atoms with Gasteiger partial charge in [-0.05, 0) is 31.4 Å². The van der Waals surface area contributed by atoms with Crippen LogP contribution in [0.15, 0.2) is 61.1 Å². The van der Waals surface area contributed by atoms with Crippen LogP contribution >= 0.6 is 0 Å². The molecule has 10 nitrogen and oxygen atoms in total. The summed E-state index contributed by atoms with van der Waals surface area (Å²) in [4.78, 5) is 41.2. The molecule has 2 fully saturated rings. The highest BCUT2D eigenvalue weighted by atomic mass is 16.5. The third kappa shape index (κ3) is 4.47. The lowest BCUT2D eigenvalue weighted by molar-refractivity contribution is -0.128. The molecule has 0 radical (unpaired) electrons. The van der Waals surface area contributed by atoms with Crippen molar-refractivity contribution in [3.8, 4) is 23.1 Å². The van der Waals surface area contributed by atoms with Crippen LogP contribution in [0, 0.1) is 17.8 Å². The number of nitrogen functional groups attached to an aromatic ring is 1. The number of nitrogens with zero attached hydrogens (tertiary/aromatic N) is 5. The number of nitrogens with two attached hydrogens (primary N) is 1. The number of imidazole rings is 1. The summed E-state index contributed by atoms with van der Waals surface area (Å²) in [6.45, 7) is 2.88. The van der Waals surface area contributed by atoms with Gasteiger partial charge in [0.1, 0.15) is 28.7 Å². The Bertz CT molecular complexity index is 1610. The van der Waals surface area contributed by atoms with Gasteiger partial charge >= 0.3 is 0 Å². The van der Waals surface area contributed by atoms with Gasteiger partial charge in [0.25, 0.3) is 5.91 Å². The van der Waals surface area contributed by atoms with Gasteiger partial charge in [0.15, 0.2) is 5.78 Å². The highest BCUT2D eigenvalue weighted by molar-refractivity contribution is 5.99. The Morgan fingerprint density at radius 2 is 1.97 bits per heavy atom. The molecule has 5 heterocycles. The van der Waals surface area contributed by atoms with Crippen LogP contribution in [0.5, 0.6) is 0 Å². The fourth-order valence-corrected chi connectivity index (χ4v) is 5.52. The van der Waals surface area contributed by atoms with Crippen LogP contribution < -0.4 is 11.1 Å². The predicted octanol–water partition coefficient (Wildman–Crippen LogP) is 2.98. The van der Waals surface area contributed by atoms with Crippen molar-refractivity contribution in [2.24, 2.45) is 5.92 Å². The van der Waals surface area contributed by atoms with Crippen LogP contribution in [0.4, 0.5) is 11.6 Å². The number of pyridine rings is 1. The predicted molar refractivity (Wildman–Crippen MR) is 146 cm³/mol. The summed E-state index contributed by atoms with van der Waals surface area (Å²) in [5.74, 6) is 7.04. The number of anilines is 2. The molecule has 3 aromatic heterocycles. The zero-order chi connectivity index (χ0) is 26.9. The van der Waals surface area contributed by atoms with E-state index in [-0.39, 0.29) is 36.2 Å². The molecule has 0 spiro atoms. The van der Waals surface area contributed by atoms with Gasteiger partial charge < -0.3 is 20.7 Å². The fourth-order valence-electron chi connectivity index (χ4n) is 5.52. The van der Waals surface area contributed by atoms with Crippen LogP contribution in [0.1, 0.15) is 35.6 Å². The molecule has 1 amide bonds. The molecule has 39 heavy (non-hydrogen) atoms. The van der Waals surface area contributed by atoms with E-state index in [1.165, 1.54) is 0 Å². The van der Waals surface area contributed by atoms with Crippen LogP contribution in [0.2, 0.25) is 0 Å². The Labute approximate surface area is 225 Å². The van der Waals surface area contributed by atoms with E-state index in [2.05, 4.69) is 27.1 Å². The lowest BCUT2D eigenvalue weighted by Gasteiger charge is -2.26. The Kier molecular flexibility index (Phi) is 6.42. The van der Waals surface area contributed by atoms with Gasteiger partial charge in [0, 0.05) is 35.6 Å². The molecule has 0 unspecified atom stereocenters. The fraction of sp³-hybridized carbons (Fsp3) is 0.276. The summed E-state index contributed by atoms with van der Waals surface area (Å²) in [5, 5.41) is 3.04. The van der Waals surface area contributed by atoms with E-state index in [4.69, 9.17) is 15.5 Å². The number of carbonyl (C=O) groups is 2. The molecule has 2 aliphatic rings. The number of nitrogens with one attached hydrogen (secondary N) is 1. The summed E-state index contributed by atoms with van der Waals surface area (Å²) in [7, 11) is 0. The molecular weight excluding hydrogens is 494 g/mol. The number of hydrogen-bond donors (Lipinski definition) is 2. The summed E-state index contributed by atoms with van der Waals surface area (Å²) >= 11 is 0. The lowest BCUT2D eigenvalue weighted by atomic mass is 10.0. The normalized spacial score (nSPS) is 19.9. The number of carbonyl (C=O) groups excluding carboxylic acids is 2. The van der Waals surface area contributed by atoms with E-state index in [0.29, 0.717) is 47.4 Å². The maximum Gasteiger partial charge on any atom is 0.299 e. The number of ketones is 1. The molecule has 6 rings (SSSR count). The summed E-state index contributed by atoms with van der Waals surface area (Å²) in [5.41, 5.74) is 9.01. The van der Waals surface area contributed by atoms with Crippen LogP contribution in [-0.2, 0) is 9.53 Å². The topological polar surface area (TPSA) is 128 Å². The molecule has 0 aliphatic carbocycles. The van der Waals surface area contributed by atoms with Gasteiger partial charge in [-0.3, -0.25) is 14.0 Å². The zero-order valence-corrected chi connectivity index (χ0v) is 21.4. The Balaban J connectivity index is 1.33. The molecule has 0 bridgehead atoms. The van der Waals surface area contributed by atoms with Gasteiger partial charge in [-0.15, -0.1) is 0 Å². The Hall–Kier alpha value is -4.75. The monoisotopic (exact) mass is 521 g/mol. The van der Waals surface area contributed by atoms with Crippen molar-refractivity contribution in [2.75, 3.05) is 30.8 Å². The number of rotatable bonds is 6. The Morgan fingerprint density at radius 3 is 2.74 bits per heavy atom. The molecule has 0 saturated carbocycles. The maximum atomic E-state index is 13.1. The zero-order valence-electron chi connectivity index (χ0n) is 21.4. The number of aromatic nitrogens is 4. The van der Waals surface area contributed by atoms with Crippen molar-refractivity contribution in [1.82, 2.24) is 24.3 Å². The second kappa shape index (κ2) is 10.2. The van der Waals surface area contributed by atoms with E-state index in [1.54, 1.807) is 31.5 Å². The van der Waals surface area contributed by atoms with Crippen LogP contribution in [0.3, 0.4) is 0 Å². The lowest BCUT2D eigenvalue weighted by Crippen LogP contribution is -2.39. The smallest absolute Gasteiger partial charge is 0.299 e. The van der Waals surface area contributed by atoms with Gasteiger partial charge in [-0.25, -0.2) is 15.0 Å². The van der Waals surface area contributed by atoms with E-state index >= 15 is 0 Å². The molecule has 2 aliphatic heterocycles. The van der Waals surface area contributed by atoms with Crippen LogP contribution in [-0.4, -0.2) is 61.7 Å². The average Bonchev–Trinajstić information content (AvgIpc) is 3.66. The molecule has 10 heteroatoms. The van der Waals surface area contributed by atoms with Crippen molar-refractivity contribution in [2.45, 2.75) is 25.4 Å². The minimum atomic E-state index is -0.279. The number of fused-ring (bicyclic) bond motifs is 2. The SMILES string of the molecule is CC#CC(=O)N1[C@@H]2COC[C@@H]2C[C@H]1c1nc(-c2ccc(C(=O)CNc3ccccn3)cc2)c2c(N)nccn12. The first kappa shape index (κ1) is 24.6. The van der Waals surface area contributed by atoms with Crippen molar-refractivity contribution < 1.29 is 14.3 Å². The first-order valence-corrected chi connectivity index (χ1v) is 12.8. The average molecular weight is 522 g/mol. The van der Waals surface area contributed by atoms with Gasteiger partial charge in [0.05, 0.1) is 31.8 Å². The summed E-state index contributed by atoms with van der Waals surface area (Å²) in [6.07, 6.45) is 5.84.